The molecule has 4 rings (SSSR count). The average molecular weight is 449 g/mol. The minimum Gasteiger partial charge on any atom is -0.346 e. The van der Waals surface area contributed by atoms with Gasteiger partial charge in [-0.1, -0.05) is 36.4 Å². The number of nitrogens with one attached hydrogen (secondary N) is 2. The zero-order valence-electron chi connectivity index (χ0n) is 18.6. The van der Waals surface area contributed by atoms with Crippen LogP contribution in [0.4, 0.5) is 5.69 Å². The fraction of sp³-hybridized carbons (Fsp3) is 0.269. The zero-order valence-corrected chi connectivity index (χ0v) is 19.4. The summed E-state index contributed by atoms with van der Waals surface area (Å²) in [6.45, 7) is 5.57. The molecule has 3 aromatic rings. The van der Waals surface area contributed by atoms with Gasteiger partial charge >= 0.3 is 0 Å². The SMILES string of the molecule is Cc1cccc(NS(=O)(=O)c2cc(C(=O)NC(C)c3ccc4c(c3)CCC4)ccc2C)c1. The summed E-state index contributed by atoms with van der Waals surface area (Å²) in [5, 5.41) is 3.00. The van der Waals surface area contributed by atoms with Gasteiger partial charge in [-0.05, 0) is 92.1 Å². The molecule has 0 heterocycles. The highest BCUT2D eigenvalue weighted by Crippen LogP contribution is 2.26. The van der Waals surface area contributed by atoms with E-state index in [0.717, 1.165) is 24.0 Å². The van der Waals surface area contributed by atoms with Crippen molar-refractivity contribution in [2.45, 2.75) is 51.0 Å². The second-order valence-electron chi connectivity index (χ2n) is 8.53. The van der Waals surface area contributed by atoms with Crippen LogP contribution in [0.1, 0.15) is 57.6 Å². The minimum absolute atomic E-state index is 0.0943. The molecule has 6 heteroatoms. The van der Waals surface area contributed by atoms with E-state index >= 15 is 0 Å². The van der Waals surface area contributed by atoms with E-state index in [0.29, 0.717) is 16.8 Å². The molecule has 1 atom stereocenters. The highest BCUT2D eigenvalue weighted by atomic mass is 32.2. The van der Waals surface area contributed by atoms with Gasteiger partial charge in [0.05, 0.1) is 10.9 Å². The predicted molar refractivity (Wildman–Crippen MR) is 128 cm³/mol. The summed E-state index contributed by atoms with van der Waals surface area (Å²) >= 11 is 0. The second kappa shape index (κ2) is 8.79. The first-order valence-electron chi connectivity index (χ1n) is 10.9. The number of fused-ring (bicyclic) bond motifs is 1. The van der Waals surface area contributed by atoms with Gasteiger partial charge < -0.3 is 5.32 Å². The second-order valence-corrected chi connectivity index (χ2v) is 10.2. The topological polar surface area (TPSA) is 75.3 Å². The van der Waals surface area contributed by atoms with E-state index in [4.69, 9.17) is 0 Å². The maximum atomic E-state index is 13.0. The van der Waals surface area contributed by atoms with Crippen LogP contribution in [-0.4, -0.2) is 14.3 Å². The molecule has 5 nitrogen and oxygen atoms in total. The Morgan fingerprint density at radius 2 is 1.72 bits per heavy atom. The first-order valence-corrected chi connectivity index (χ1v) is 12.3. The Labute approximate surface area is 189 Å². The van der Waals surface area contributed by atoms with E-state index in [9.17, 15) is 13.2 Å². The molecule has 0 saturated carbocycles. The summed E-state index contributed by atoms with van der Waals surface area (Å²) in [5.41, 5.74) is 6.14. The first kappa shape index (κ1) is 22.1. The fourth-order valence-corrected chi connectivity index (χ4v) is 5.50. The number of rotatable bonds is 6. The summed E-state index contributed by atoms with van der Waals surface area (Å²) in [4.78, 5) is 13.0. The van der Waals surface area contributed by atoms with Gasteiger partial charge in [-0.3, -0.25) is 9.52 Å². The molecular formula is C26H28N2O3S. The molecule has 1 aliphatic rings. The van der Waals surface area contributed by atoms with Gasteiger partial charge in [0.1, 0.15) is 0 Å². The summed E-state index contributed by atoms with van der Waals surface area (Å²) in [6.07, 6.45) is 3.38. The van der Waals surface area contributed by atoms with Crippen LogP contribution < -0.4 is 10.0 Å². The molecule has 0 fully saturated rings. The molecule has 0 bridgehead atoms. The maximum absolute atomic E-state index is 13.0. The molecule has 0 aromatic heterocycles. The lowest BCUT2D eigenvalue weighted by Crippen LogP contribution is -2.27. The Balaban J connectivity index is 1.54. The van der Waals surface area contributed by atoms with Gasteiger partial charge in [0.2, 0.25) is 0 Å². The van der Waals surface area contributed by atoms with E-state index < -0.39 is 10.0 Å². The minimum atomic E-state index is -3.83. The molecule has 0 radical (unpaired) electrons. The van der Waals surface area contributed by atoms with Gasteiger partial charge in [-0.25, -0.2) is 8.42 Å². The molecule has 1 amide bonds. The molecule has 1 aliphatic carbocycles. The Bertz CT molecular complexity index is 1280. The van der Waals surface area contributed by atoms with Crippen LogP contribution in [0.15, 0.2) is 65.6 Å². The standard InChI is InChI=1S/C26H28N2O3S/c1-17-6-4-9-24(14-17)28-32(30,31)25-16-23(11-10-18(25)2)26(29)27-19(3)21-13-12-20-7-5-8-22(20)15-21/h4,6,9-16,19,28H,5,7-8H2,1-3H3,(H,27,29). The van der Waals surface area contributed by atoms with Crippen LogP contribution in [0.3, 0.4) is 0 Å². The highest BCUT2D eigenvalue weighted by molar-refractivity contribution is 7.92. The number of hydrogen-bond acceptors (Lipinski definition) is 3. The Hall–Kier alpha value is -3.12. The quantitative estimate of drug-likeness (QED) is 0.552. The van der Waals surface area contributed by atoms with Gasteiger partial charge in [0.15, 0.2) is 0 Å². The number of carbonyl (C=O) groups excluding carboxylic acids is 1. The van der Waals surface area contributed by atoms with Crippen LogP contribution in [0.5, 0.6) is 0 Å². The lowest BCUT2D eigenvalue weighted by atomic mass is 10.0. The summed E-state index contributed by atoms with van der Waals surface area (Å²) in [7, 11) is -3.83. The van der Waals surface area contributed by atoms with Gasteiger partial charge in [0.25, 0.3) is 15.9 Å². The molecule has 0 saturated heterocycles. The van der Waals surface area contributed by atoms with E-state index in [-0.39, 0.29) is 16.8 Å². The Kier molecular flexibility index (Phi) is 6.07. The third-order valence-electron chi connectivity index (χ3n) is 5.98. The van der Waals surface area contributed by atoms with E-state index in [1.54, 1.807) is 37.3 Å². The van der Waals surface area contributed by atoms with Crippen molar-refractivity contribution in [2.75, 3.05) is 4.72 Å². The number of amides is 1. The summed E-state index contributed by atoms with van der Waals surface area (Å²) < 4.78 is 28.6. The first-order chi connectivity index (χ1) is 15.2. The number of hydrogen-bond donors (Lipinski definition) is 2. The highest BCUT2D eigenvalue weighted by Gasteiger charge is 2.21. The zero-order chi connectivity index (χ0) is 22.9. The molecule has 0 spiro atoms. The van der Waals surface area contributed by atoms with Crippen molar-refractivity contribution in [3.8, 4) is 0 Å². The van der Waals surface area contributed by atoms with Crippen LogP contribution in [-0.2, 0) is 22.9 Å². The van der Waals surface area contributed by atoms with Crippen molar-refractivity contribution in [1.29, 1.82) is 0 Å². The molecule has 2 N–H and O–H groups in total. The van der Waals surface area contributed by atoms with Crippen molar-refractivity contribution in [2.24, 2.45) is 0 Å². The number of benzene rings is 3. The molecule has 3 aromatic carbocycles. The molecule has 32 heavy (non-hydrogen) atoms. The molecule has 1 unspecified atom stereocenters. The maximum Gasteiger partial charge on any atom is 0.262 e. The van der Waals surface area contributed by atoms with Crippen molar-refractivity contribution in [3.63, 3.8) is 0 Å². The van der Waals surface area contributed by atoms with E-state index in [2.05, 4.69) is 28.2 Å². The fourth-order valence-electron chi connectivity index (χ4n) is 4.17. The van der Waals surface area contributed by atoms with Crippen LogP contribution >= 0.6 is 0 Å². The molecule has 0 aliphatic heterocycles. The van der Waals surface area contributed by atoms with Gasteiger partial charge in [-0.2, -0.15) is 0 Å². The molecule has 166 valence electrons. The van der Waals surface area contributed by atoms with Crippen LogP contribution in [0.25, 0.3) is 0 Å². The average Bonchev–Trinajstić information content (AvgIpc) is 3.21. The lowest BCUT2D eigenvalue weighted by Gasteiger charge is -2.17. The predicted octanol–water partition coefficient (Wildman–Crippen LogP) is 5.08. The number of anilines is 1. The molecular weight excluding hydrogens is 420 g/mol. The summed E-state index contributed by atoms with van der Waals surface area (Å²) in [6, 6.07) is 18.1. The van der Waals surface area contributed by atoms with Crippen LogP contribution in [0, 0.1) is 13.8 Å². The van der Waals surface area contributed by atoms with Crippen molar-refractivity contribution < 1.29 is 13.2 Å². The largest absolute Gasteiger partial charge is 0.346 e. The lowest BCUT2D eigenvalue weighted by molar-refractivity contribution is 0.0939. The van der Waals surface area contributed by atoms with Gasteiger partial charge in [0, 0.05) is 11.3 Å². The van der Waals surface area contributed by atoms with E-state index in [1.807, 2.05) is 19.9 Å². The van der Waals surface area contributed by atoms with Crippen molar-refractivity contribution >= 4 is 21.6 Å². The van der Waals surface area contributed by atoms with E-state index in [1.165, 1.54) is 23.6 Å². The third kappa shape index (κ3) is 4.70. The number of aryl methyl sites for hydroxylation is 4. The van der Waals surface area contributed by atoms with Crippen molar-refractivity contribution in [3.05, 3.63) is 94.0 Å². The summed E-state index contributed by atoms with van der Waals surface area (Å²) in [5.74, 6) is -0.301. The third-order valence-corrected chi connectivity index (χ3v) is 7.50. The monoisotopic (exact) mass is 448 g/mol. The Morgan fingerprint density at radius 1 is 0.938 bits per heavy atom. The number of sulfonamides is 1. The van der Waals surface area contributed by atoms with Crippen molar-refractivity contribution in [1.82, 2.24) is 5.32 Å². The van der Waals surface area contributed by atoms with Crippen LogP contribution in [0.2, 0.25) is 0 Å². The van der Waals surface area contributed by atoms with Gasteiger partial charge in [-0.15, -0.1) is 0 Å². The number of carbonyl (C=O) groups is 1. The smallest absolute Gasteiger partial charge is 0.262 e. The normalized spacial score (nSPS) is 14.0. The Morgan fingerprint density at radius 3 is 2.50 bits per heavy atom.